The highest BCUT2D eigenvalue weighted by atomic mass is 19.1. The molecule has 1 rings (SSSR count). The van der Waals surface area contributed by atoms with Crippen LogP contribution in [0.2, 0.25) is 0 Å². The van der Waals surface area contributed by atoms with Gasteiger partial charge >= 0.3 is 0 Å². The predicted molar refractivity (Wildman–Crippen MR) is 43.2 cm³/mol. The third kappa shape index (κ3) is 1.60. The zero-order chi connectivity index (χ0) is 10.7. The average Bonchev–Trinajstić information content (AvgIpc) is 2.19. The summed E-state index contributed by atoms with van der Waals surface area (Å²) in [5.74, 6) is -2.86. The van der Waals surface area contributed by atoms with Gasteiger partial charge in [0.25, 0.3) is 11.8 Å². The fraction of sp³-hybridized carbons (Fsp3) is 0.375. The summed E-state index contributed by atoms with van der Waals surface area (Å²) in [5, 5.41) is 8.72. The minimum absolute atomic E-state index is 0.410. The van der Waals surface area contributed by atoms with E-state index in [4.69, 9.17) is 5.11 Å². The van der Waals surface area contributed by atoms with Gasteiger partial charge in [0.15, 0.2) is 11.6 Å². The molecule has 0 spiro atoms. The van der Waals surface area contributed by atoms with E-state index in [1.54, 1.807) is 0 Å². The number of hydrogen-bond donors (Lipinski definition) is 1. The smallest absolute Gasteiger partial charge is 0.254 e. The first-order chi connectivity index (χ1) is 6.65. The monoisotopic (exact) mass is 205 g/mol. The molecular weight excluding hydrogens is 196 g/mol. The molecule has 0 aliphatic rings. The van der Waals surface area contributed by atoms with E-state index in [1.165, 1.54) is 14.2 Å². The van der Waals surface area contributed by atoms with Gasteiger partial charge in [0.05, 0.1) is 26.4 Å². The van der Waals surface area contributed by atoms with Crippen molar-refractivity contribution in [1.82, 2.24) is 4.98 Å². The van der Waals surface area contributed by atoms with Crippen LogP contribution in [-0.2, 0) is 6.61 Å². The summed E-state index contributed by atoms with van der Waals surface area (Å²) in [6.45, 7) is -0.785. The molecule has 1 aromatic heterocycles. The highest BCUT2D eigenvalue weighted by Gasteiger charge is 2.20. The summed E-state index contributed by atoms with van der Waals surface area (Å²) >= 11 is 0. The maximum atomic E-state index is 13.2. The lowest BCUT2D eigenvalue weighted by Gasteiger charge is -2.08. The molecule has 0 unspecified atom stereocenters. The van der Waals surface area contributed by atoms with E-state index >= 15 is 0 Å². The summed E-state index contributed by atoms with van der Waals surface area (Å²) in [5.41, 5.74) is -0.520. The Morgan fingerprint density at radius 2 is 1.57 bits per heavy atom. The summed E-state index contributed by atoms with van der Waals surface area (Å²) in [6, 6.07) is 0. The van der Waals surface area contributed by atoms with Gasteiger partial charge in [-0.2, -0.15) is 4.98 Å². The molecule has 0 saturated carbocycles. The van der Waals surface area contributed by atoms with Crippen LogP contribution >= 0.6 is 0 Å². The van der Waals surface area contributed by atoms with Gasteiger partial charge < -0.3 is 14.6 Å². The summed E-state index contributed by atoms with van der Waals surface area (Å²) < 4.78 is 35.5. The number of aliphatic hydroxyl groups excluding tert-OH is 1. The van der Waals surface area contributed by atoms with Gasteiger partial charge in [0.1, 0.15) is 0 Å². The van der Waals surface area contributed by atoms with Crippen LogP contribution in [0.3, 0.4) is 0 Å². The van der Waals surface area contributed by atoms with Crippen molar-refractivity contribution < 1.29 is 23.4 Å². The Labute approximate surface area is 79.1 Å². The van der Waals surface area contributed by atoms with E-state index in [1.807, 2.05) is 0 Å². The topological polar surface area (TPSA) is 51.6 Å². The molecule has 14 heavy (non-hydrogen) atoms. The van der Waals surface area contributed by atoms with Gasteiger partial charge in [-0.05, 0) is 0 Å². The van der Waals surface area contributed by atoms with E-state index in [9.17, 15) is 8.78 Å². The molecule has 0 aliphatic carbocycles. The molecule has 0 saturated heterocycles. The molecule has 0 aliphatic heterocycles. The molecule has 0 aromatic carbocycles. The predicted octanol–water partition coefficient (Wildman–Crippen LogP) is 0.869. The first kappa shape index (κ1) is 10.6. The third-order valence-corrected chi connectivity index (χ3v) is 1.65. The molecule has 0 atom stereocenters. The zero-order valence-corrected chi connectivity index (χ0v) is 7.67. The Morgan fingerprint density at radius 3 is 1.86 bits per heavy atom. The van der Waals surface area contributed by atoms with Crippen LogP contribution in [-0.4, -0.2) is 24.3 Å². The van der Waals surface area contributed by atoms with Crippen molar-refractivity contribution in [3.05, 3.63) is 17.2 Å². The lowest BCUT2D eigenvalue weighted by molar-refractivity contribution is 0.256. The highest BCUT2D eigenvalue weighted by Crippen LogP contribution is 2.27. The SMILES string of the molecule is COc1nc(OC)c(F)c(CO)c1F. The van der Waals surface area contributed by atoms with Crippen molar-refractivity contribution >= 4 is 0 Å². The minimum Gasteiger partial charge on any atom is -0.479 e. The lowest BCUT2D eigenvalue weighted by Crippen LogP contribution is -2.05. The Balaban J connectivity index is 3.39. The molecule has 6 heteroatoms. The fourth-order valence-electron chi connectivity index (χ4n) is 0.954. The van der Waals surface area contributed by atoms with Crippen LogP contribution in [0.25, 0.3) is 0 Å². The van der Waals surface area contributed by atoms with Crippen molar-refractivity contribution in [1.29, 1.82) is 0 Å². The lowest BCUT2D eigenvalue weighted by atomic mass is 10.2. The van der Waals surface area contributed by atoms with Crippen LogP contribution in [0.15, 0.2) is 0 Å². The van der Waals surface area contributed by atoms with E-state index in [0.29, 0.717) is 0 Å². The number of methoxy groups -OCH3 is 2. The Kier molecular flexibility index (Phi) is 3.19. The second-order valence-corrected chi connectivity index (χ2v) is 2.39. The molecule has 1 heterocycles. The maximum absolute atomic E-state index is 13.2. The first-order valence-corrected chi connectivity index (χ1v) is 3.72. The molecule has 78 valence electrons. The molecule has 1 N–H and O–H groups in total. The highest BCUT2D eigenvalue weighted by molar-refractivity contribution is 5.32. The maximum Gasteiger partial charge on any atom is 0.254 e. The fourth-order valence-corrected chi connectivity index (χ4v) is 0.954. The normalized spacial score (nSPS) is 10.1. The van der Waals surface area contributed by atoms with Crippen LogP contribution in [0.1, 0.15) is 5.56 Å². The second kappa shape index (κ2) is 4.19. The number of pyridine rings is 1. The molecule has 0 amide bonds. The van der Waals surface area contributed by atoms with Gasteiger partial charge in [-0.25, -0.2) is 8.78 Å². The number of nitrogens with zero attached hydrogens (tertiary/aromatic N) is 1. The van der Waals surface area contributed by atoms with Crippen LogP contribution < -0.4 is 9.47 Å². The third-order valence-electron chi connectivity index (χ3n) is 1.65. The largest absolute Gasteiger partial charge is 0.479 e. The van der Waals surface area contributed by atoms with Gasteiger partial charge in [-0.1, -0.05) is 0 Å². The van der Waals surface area contributed by atoms with Crippen molar-refractivity contribution in [2.45, 2.75) is 6.61 Å². The van der Waals surface area contributed by atoms with Crippen molar-refractivity contribution in [2.24, 2.45) is 0 Å². The number of hydrogen-bond acceptors (Lipinski definition) is 4. The molecule has 1 aromatic rings. The van der Waals surface area contributed by atoms with Crippen molar-refractivity contribution in [3.8, 4) is 11.8 Å². The molecule has 0 fully saturated rings. The first-order valence-electron chi connectivity index (χ1n) is 3.72. The number of ether oxygens (including phenoxy) is 2. The average molecular weight is 205 g/mol. The van der Waals surface area contributed by atoms with Gasteiger partial charge in [-0.3, -0.25) is 0 Å². The molecule has 0 bridgehead atoms. The quantitative estimate of drug-likeness (QED) is 0.795. The van der Waals surface area contributed by atoms with E-state index in [0.717, 1.165) is 0 Å². The Hall–Kier alpha value is -1.43. The van der Waals surface area contributed by atoms with Crippen molar-refractivity contribution in [2.75, 3.05) is 14.2 Å². The molecule has 4 nitrogen and oxygen atoms in total. The zero-order valence-electron chi connectivity index (χ0n) is 7.67. The number of rotatable bonds is 3. The van der Waals surface area contributed by atoms with E-state index in [-0.39, 0.29) is 0 Å². The van der Waals surface area contributed by atoms with Gasteiger partial charge in [0.2, 0.25) is 0 Å². The van der Waals surface area contributed by atoms with Gasteiger partial charge in [-0.15, -0.1) is 0 Å². The van der Waals surface area contributed by atoms with E-state index < -0.39 is 35.6 Å². The summed E-state index contributed by atoms with van der Waals surface area (Å²) in [4.78, 5) is 3.41. The number of aromatic nitrogens is 1. The number of halogens is 2. The van der Waals surface area contributed by atoms with Crippen molar-refractivity contribution in [3.63, 3.8) is 0 Å². The molecular formula is C8H9F2NO3. The minimum atomic E-state index is -1.02. The van der Waals surface area contributed by atoms with Gasteiger partial charge in [0, 0.05) is 0 Å². The van der Waals surface area contributed by atoms with Crippen LogP contribution in [0.5, 0.6) is 11.8 Å². The Bertz CT molecular complexity index is 316. The molecule has 0 radical (unpaired) electrons. The van der Waals surface area contributed by atoms with E-state index in [2.05, 4.69) is 14.5 Å². The standard InChI is InChI=1S/C8H9F2NO3/c1-13-7-5(9)4(3-12)6(10)8(11-7)14-2/h12H,3H2,1-2H3. The Morgan fingerprint density at radius 1 is 1.14 bits per heavy atom. The summed E-state index contributed by atoms with van der Waals surface area (Å²) in [7, 11) is 2.37. The second-order valence-electron chi connectivity index (χ2n) is 2.39. The van der Waals surface area contributed by atoms with Crippen LogP contribution in [0.4, 0.5) is 8.78 Å². The number of aliphatic hydroxyl groups is 1. The summed E-state index contributed by atoms with van der Waals surface area (Å²) in [6.07, 6.45) is 0. The van der Waals surface area contributed by atoms with Crippen LogP contribution in [0, 0.1) is 11.6 Å².